The molecule has 0 heterocycles. The van der Waals surface area contributed by atoms with Crippen LogP contribution in [0.4, 0.5) is 0 Å². The molecular weight excluding hydrogens is 252 g/mol. The van der Waals surface area contributed by atoms with Crippen LogP contribution in [-0.2, 0) is 16.5 Å². The molecule has 0 saturated carbocycles. The van der Waals surface area contributed by atoms with Crippen LogP contribution >= 0.6 is 0 Å². The fourth-order valence-electron chi connectivity index (χ4n) is 2.10. The Morgan fingerprint density at radius 1 is 1.28 bits per heavy atom. The molecule has 2 rings (SSSR count). The third-order valence-electron chi connectivity index (χ3n) is 2.91. The molecule has 2 aliphatic carbocycles. The lowest BCUT2D eigenvalue weighted by Crippen LogP contribution is -1.97. The Balaban J connectivity index is 2.87. The zero-order chi connectivity index (χ0) is 13.3. The molecule has 0 aliphatic heterocycles. The molecule has 0 unspecified atom stereocenters. The molecule has 5 heteroatoms. The number of hydrogen-bond donors (Lipinski definition) is 1. The Labute approximate surface area is 106 Å². The molecule has 0 radical (unpaired) electrons. The van der Waals surface area contributed by atoms with Gasteiger partial charge in [-0.25, -0.2) is 0 Å². The van der Waals surface area contributed by atoms with Crippen molar-refractivity contribution in [3.05, 3.63) is 35.9 Å². The Bertz CT molecular complexity index is 646. The van der Waals surface area contributed by atoms with Gasteiger partial charge in [-0.15, -0.1) is 0 Å². The van der Waals surface area contributed by atoms with Crippen molar-refractivity contribution >= 4 is 10.1 Å². The first-order chi connectivity index (χ1) is 8.49. The smallest absolute Gasteiger partial charge is 0.295 e. The van der Waals surface area contributed by atoms with E-state index in [0.29, 0.717) is 17.7 Å². The van der Waals surface area contributed by atoms with Crippen molar-refractivity contribution < 1.29 is 17.7 Å². The van der Waals surface area contributed by atoms with Crippen molar-refractivity contribution in [3.63, 3.8) is 0 Å². The third kappa shape index (κ3) is 2.07. The summed E-state index contributed by atoms with van der Waals surface area (Å²) in [5, 5.41) is 0. The number of fused-ring (bicyclic) bond motifs is 1. The lowest BCUT2D eigenvalue weighted by Gasteiger charge is -2.05. The zero-order valence-corrected chi connectivity index (χ0v) is 11.0. The summed E-state index contributed by atoms with van der Waals surface area (Å²) in [6.07, 6.45) is 0.659. The van der Waals surface area contributed by atoms with Crippen molar-refractivity contribution in [1.29, 1.82) is 0 Å². The van der Waals surface area contributed by atoms with E-state index in [9.17, 15) is 13.0 Å². The van der Waals surface area contributed by atoms with E-state index < -0.39 is 10.1 Å². The molecular formula is C13H14O4S. The van der Waals surface area contributed by atoms with Crippen molar-refractivity contribution in [1.82, 2.24) is 0 Å². The molecule has 18 heavy (non-hydrogen) atoms. The highest BCUT2D eigenvalue weighted by Crippen LogP contribution is 2.40. The lowest BCUT2D eigenvalue weighted by molar-refractivity contribution is 0.416. The normalized spacial score (nSPS) is 11.7. The number of hydrogen-bond acceptors (Lipinski definition) is 3. The average molecular weight is 266 g/mol. The van der Waals surface area contributed by atoms with Gasteiger partial charge < -0.3 is 4.74 Å². The molecule has 0 spiro atoms. The number of aryl methyl sites for hydroxylation is 1. The van der Waals surface area contributed by atoms with Crippen molar-refractivity contribution in [2.45, 2.75) is 18.2 Å². The standard InChI is InChI=1S/C13H14O4S/c1-3-9-8-12(18(14,15)16)10-6-4-5-7-11(17-2)13(9)10/h4-8H,3H2,1-2H3,(H,14,15,16). The molecule has 0 saturated heterocycles. The molecule has 0 atom stereocenters. The fraction of sp³-hybridized carbons (Fsp3) is 0.231. The van der Waals surface area contributed by atoms with Crippen LogP contribution < -0.4 is 4.74 Å². The lowest BCUT2D eigenvalue weighted by atomic mass is 10.1. The Morgan fingerprint density at radius 2 is 1.94 bits per heavy atom. The third-order valence-corrected chi connectivity index (χ3v) is 3.80. The average Bonchev–Trinajstić information content (AvgIpc) is 2.56. The van der Waals surface area contributed by atoms with E-state index >= 15 is 0 Å². The number of rotatable bonds is 3. The predicted molar refractivity (Wildman–Crippen MR) is 68.8 cm³/mol. The highest BCUT2D eigenvalue weighted by molar-refractivity contribution is 7.86. The summed E-state index contributed by atoms with van der Waals surface area (Å²) in [4.78, 5) is -0.0659. The first kappa shape index (κ1) is 12.9. The van der Waals surface area contributed by atoms with Crippen LogP contribution in [0.1, 0.15) is 12.5 Å². The van der Waals surface area contributed by atoms with Gasteiger partial charge in [0.15, 0.2) is 0 Å². The van der Waals surface area contributed by atoms with E-state index in [4.69, 9.17) is 4.74 Å². The maximum absolute atomic E-state index is 11.4. The van der Waals surface area contributed by atoms with Crippen LogP contribution in [0.3, 0.4) is 0 Å². The molecule has 1 N–H and O–H groups in total. The van der Waals surface area contributed by atoms with E-state index in [1.807, 2.05) is 6.92 Å². The SMILES string of the molecule is CCc1cc(S(=O)(=O)O)c2ccccc(OC)c1-2. The molecule has 0 aromatic rings. The monoisotopic (exact) mass is 266 g/mol. The van der Waals surface area contributed by atoms with Crippen LogP contribution in [0.2, 0.25) is 0 Å². The van der Waals surface area contributed by atoms with Crippen molar-refractivity contribution in [2.75, 3.05) is 7.11 Å². The Kier molecular flexibility index (Phi) is 3.28. The zero-order valence-electron chi connectivity index (χ0n) is 10.2. The van der Waals surface area contributed by atoms with Gasteiger partial charge in [0.25, 0.3) is 10.1 Å². The van der Waals surface area contributed by atoms with E-state index in [0.717, 1.165) is 11.1 Å². The van der Waals surface area contributed by atoms with Crippen molar-refractivity contribution in [2.24, 2.45) is 0 Å². The van der Waals surface area contributed by atoms with Gasteiger partial charge in [0, 0.05) is 11.1 Å². The molecule has 0 fully saturated rings. The van der Waals surface area contributed by atoms with Gasteiger partial charge in [-0.05, 0) is 24.1 Å². The first-order valence-corrected chi connectivity index (χ1v) is 6.99. The molecule has 4 nitrogen and oxygen atoms in total. The summed E-state index contributed by atoms with van der Waals surface area (Å²) in [6.45, 7) is 1.93. The van der Waals surface area contributed by atoms with Crippen LogP contribution in [-0.4, -0.2) is 20.1 Å². The first-order valence-electron chi connectivity index (χ1n) is 5.55. The maximum Gasteiger partial charge on any atom is 0.295 e. The van der Waals surface area contributed by atoms with Crippen LogP contribution in [0, 0.1) is 0 Å². The summed E-state index contributed by atoms with van der Waals surface area (Å²) >= 11 is 0. The second kappa shape index (κ2) is 4.59. The van der Waals surface area contributed by atoms with Gasteiger partial charge in [-0.3, -0.25) is 4.55 Å². The van der Waals surface area contributed by atoms with E-state index in [1.54, 1.807) is 24.3 Å². The predicted octanol–water partition coefficient (Wildman–Crippen LogP) is 2.61. The quantitative estimate of drug-likeness (QED) is 0.867. The topological polar surface area (TPSA) is 63.6 Å². The fourth-order valence-corrected chi connectivity index (χ4v) is 2.84. The second-order valence-electron chi connectivity index (χ2n) is 3.94. The molecule has 96 valence electrons. The highest BCUT2D eigenvalue weighted by atomic mass is 32.2. The number of ether oxygens (including phenoxy) is 1. The summed E-state index contributed by atoms with van der Waals surface area (Å²) in [7, 11) is -2.69. The van der Waals surface area contributed by atoms with Gasteiger partial charge in [0.05, 0.1) is 7.11 Å². The molecule has 0 aromatic heterocycles. The molecule has 0 amide bonds. The molecule has 2 aliphatic rings. The van der Waals surface area contributed by atoms with E-state index in [2.05, 4.69) is 0 Å². The van der Waals surface area contributed by atoms with Crippen molar-refractivity contribution in [3.8, 4) is 16.9 Å². The Hall–Kier alpha value is -1.59. The van der Waals surface area contributed by atoms with Gasteiger partial charge in [0.2, 0.25) is 0 Å². The summed E-state index contributed by atoms with van der Waals surface area (Å²) in [6, 6.07) is 8.43. The number of methoxy groups -OCH3 is 1. The largest absolute Gasteiger partial charge is 0.496 e. The minimum Gasteiger partial charge on any atom is -0.496 e. The van der Waals surface area contributed by atoms with Gasteiger partial charge in [0.1, 0.15) is 10.6 Å². The van der Waals surface area contributed by atoms with Gasteiger partial charge >= 0.3 is 0 Å². The van der Waals surface area contributed by atoms with Gasteiger partial charge in [-0.1, -0.05) is 25.1 Å². The van der Waals surface area contributed by atoms with Gasteiger partial charge in [-0.2, -0.15) is 8.42 Å². The summed E-state index contributed by atoms with van der Waals surface area (Å²) in [5.74, 6) is 0.599. The van der Waals surface area contributed by atoms with Crippen LogP contribution in [0.25, 0.3) is 11.1 Å². The van der Waals surface area contributed by atoms with Crippen LogP contribution in [0.15, 0.2) is 35.2 Å². The Morgan fingerprint density at radius 3 is 2.50 bits per heavy atom. The molecule has 0 aromatic carbocycles. The minimum atomic E-state index is -4.23. The molecule has 0 bridgehead atoms. The second-order valence-corrected chi connectivity index (χ2v) is 5.33. The van der Waals surface area contributed by atoms with E-state index in [-0.39, 0.29) is 4.90 Å². The van der Waals surface area contributed by atoms with E-state index in [1.165, 1.54) is 13.2 Å². The maximum atomic E-state index is 11.4. The highest BCUT2D eigenvalue weighted by Gasteiger charge is 2.24. The summed E-state index contributed by atoms with van der Waals surface area (Å²) in [5.41, 5.74) is 2.06. The summed E-state index contributed by atoms with van der Waals surface area (Å²) < 4.78 is 37.3. The minimum absolute atomic E-state index is 0.0659. The van der Waals surface area contributed by atoms with Crippen LogP contribution in [0.5, 0.6) is 5.75 Å².